The summed E-state index contributed by atoms with van der Waals surface area (Å²) in [5.74, 6) is 0. The highest BCUT2D eigenvalue weighted by molar-refractivity contribution is 7.90. The van der Waals surface area contributed by atoms with Gasteiger partial charge in [0.1, 0.15) is 13.4 Å². The second-order valence-corrected chi connectivity index (χ2v) is 6.53. The molecule has 0 amide bonds. The quantitative estimate of drug-likeness (QED) is 0.679. The van der Waals surface area contributed by atoms with Crippen molar-refractivity contribution in [3.8, 4) is 0 Å². The minimum atomic E-state index is -3.87. The molecule has 0 aliphatic heterocycles. The van der Waals surface area contributed by atoms with Crippen LogP contribution in [0.1, 0.15) is 5.56 Å². The highest BCUT2D eigenvalue weighted by Gasteiger charge is 2.13. The smallest absolute Gasteiger partial charge is 0.285 e. The van der Waals surface area contributed by atoms with E-state index in [1.54, 1.807) is 30.3 Å². The van der Waals surface area contributed by atoms with Crippen LogP contribution < -0.4 is 11.0 Å². The van der Waals surface area contributed by atoms with Gasteiger partial charge in [-0.15, -0.1) is 4.40 Å². The van der Waals surface area contributed by atoms with E-state index in [1.807, 2.05) is 19.1 Å². The second kappa shape index (κ2) is 5.46. The molecule has 0 spiro atoms. The molecule has 0 bridgehead atoms. The van der Waals surface area contributed by atoms with Crippen LogP contribution in [-0.4, -0.2) is 16.3 Å². The Morgan fingerprint density at radius 2 is 1.73 bits per heavy atom. The molecule has 0 saturated heterocycles. The lowest BCUT2D eigenvalue weighted by atomic mass is 9.97. The van der Waals surface area contributed by atoms with Crippen molar-refractivity contribution in [1.82, 2.24) is 0 Å². The molecule has 0 unspecified atom stereocenters. The predicted octanol–water partition coefficient (Wildman–Crippen LogP) is 1.82. The van der Waals surface area contributed by atoms with Gasteiger partial charge >= 0.3 is 0 Å². The summed E-state index contributed by atoms with van der Waals surface area (Å²) in [6, 6.07) is 15.3. The van der Waals surface area contributed by atoms with Gasteiger partial charge in [-0.1, -0.05) is 42.0 Å². The average Bonchev–Trinajstić information content (AvgIpc) is 2.48. The fourth-order valence-corrected chi connectivity index (χ4v) is 2.97. The number of nitrogens with zero attached hydrogens (tertiary/aromatic N) is 1. The van der Waals surface area contributed by atoms with Crippen molar-refractivity contribution in [2.24, 2.45) is 4.40 Å². The third-order valence-electron chi connectivity index (χ3n) is 3.21. The third kappa shape index (κ3) is 2.83. The first-order chi connectivity index (χ1) is 10.5. The number of rotatable bonds is 2. The van der Waals surface area contributed by atoms with E-state index in [2.05, 4.69) is 4.40 Å². The maximum atomic E-state index is 12.3. The molecule has 0 aliphatic carbocycles. The molecule has 0 saturated carbocycles. The van der Waals surface area contributed by atoms with Crippen LogP contribution in [0, 0.1) is 6.92 Å². The van der Waals surface area contributed by atoms with Gasteiger partial charge in [0.2, 0.25) is 5.55 Å². The molecule has 0 N–H and O–H groups in total. The van der Waals surface area contributed by atoms with Crippen molar-refractivity contribution >= 4 is 34.3 Å². The summed E-state index contributed by atoms with van der Waals surface area (Å²) in [5.41, 5.74) is 1.55. The Morgan fingerprint density at radius 3 is 2.45 bits per heavy atom. The summed E-state index contributed by atoms with van der Waals surface area (Å²) in [6.07, 6.45) is 0. The van der Waals surface area contributed by atoms with Gasteiger partial charge in [-0.3, -0.25) is 0 Å². The number of hydrogen-bond acceptors (Lipinski definition) is 3. The van der Waals surface area contributed by atoms with Gasteiger partial charge in [-0.05, 0) is 30.6 Å². The van der Waals surface area contributed by atoms with Gasteiger partial charge < -0.3 is 4.42 Å². The Kier molecular flexibility index (Phi) is 3.62. The van der Waals surface area contributed by atoms with Crippen LogP contribution in [0.3, 0.4) is 0 Å². The molecule has 2 aromatic carbocycles. The van der Waals surface area contributed by atoms with Crippen molar-refractivity contribution in [2.45, 2.75) is 11.8 Å². The van der Waals surface area contributed by atoms with E-state index in [4.69, 9.17) is 12.3 Å². The number of benzene rings is 2. The lowest BCUT2D eigenvalue weighted by Crippen LogP contribution is -2.26. The van der Waals surface area contributed by atoms with Crippen LogP contribution in [-0.2, 0) is 10.0 Å². The molecular weight excluding hydrogens is 297 g/mol. The lowest BCUT2D eigenvalue weighted by Gasteiger charge is -2.02. The van der Waals surface area contributed by atoms with Crippen LogP contribution >= 0.6 is 0 Å². The van der Waals surface area contributed by atoms with Crippen LogP contribution in [0.25, 0.3) is 11.0 Å². The van der Waals surface area contributed by atoms with Crippen molar-refractivity contribution in [3.05, 3.63) is 65.7 Å². The molecule has 4 nitrogen and oxygen atoms in total. The molecule has 1 heterocycles. The molecule has 3 aromatic rings. The monoisotopic (exact) mass is 309 g/mol. The number of sulfonamides is 1. The van der Waals surface area contributed by atoms with Gasteiger partial charge in [0.25, 0.3) is 10.0 Å². The maximum Gasteiger partial charge on any atom is 0.285 e. The first-order valence-electron chi connectivity index (χ1n) is 6.62. The van der Waals surface area contributed by atoms with Crippen LogP contribution in [0.2, 0.25) is 0 Å². The fraction of sp³-hybridized carbons (Fsp3) is 0.0625. The van der Waals surface area contributed by atoms with E-state index in [0.717, 1.165) is 10.9 Å². The first-order valence-corrected chi connectivity index (χ1v) is 8.06. The highest BCUT2D eigenvalue weighted by Crippen LogP contribution is 2.13. The lowest BCUT2D eigenvalue weighted by molar-refractivity contribution is 0.546. The third-order valence-corrected chi connectivity index (χ3v) is 4.48. The largest absolute Gasteiger partial charge is 0.438 e. The summed E-state index contributed by atoms with van der Waals surface area (Å²) in [7, 11) is 1.97. The minimum absolute atomic E-state index is 0.0980. The van der Waals surface area contributed by atoms with E-state index < -0.39 is 10.0 Å². The topological polar surface area (TPSA) is 59.6 Å². The summed E-state index contributed by atoms with van der Waals surface area (Å²) in [4.78, 5) is 0.0980. The Hall–Kier alpha value is -2.34. The van der Waals surface area contributed by atoms with E-state index in [1.165, 1.54) is 12.1 Å². The predicted molar refractivity (Wildman–Crippen MR) is 85.5 cm³/mol. The van der Waals surface area contributed by atoms with Gasteiger partial charge in [-0.25, -0.2) is 0 Å². The highest BCUT2D eigenvalue weighted by atomic mass is 32.2. The minimum Gasteiger partial charge on any atom is -0.438 e. The molecule has 22 heavy (non-hydrogen) atoms. The molecule has 0 atom stereocenters. The Bertz CT molecular complexity index is 1010. The molecule has 1 aromatic heterocycles. The van der Waals surface area contributed by atoms with E-state index in [9.17, 15) is 8.42 Å². The van der Waals surface area contributed by atoms with Crippen LogP contribution in [0.4, 0.5) is 0 Å². The number of aryl methyl sites for hydroxylation is 1. The number of hydrogen-bond donors (Lipinski definition) is 0. The van der Waals surface area contributed by atoms with E-state index in [0.29, 0.717) is 5.58 Å². The van der Waals surface area contributed by atoms with Crippen molar-refractivity contribution in [1.29, 1.82) is 0 Å². The summed E-state index contributed by atoms with van der Waals surface area (Å²) >= 11 is 0. The van der Waals surface area contributed by atoms with E-state index in [-0.39, 0.29) is 15.9 Å². The van der Waals surface area contributed by atoms with Gasteiger partial charge in [0.05, 0.1) is 4.90 Å². The molecule has 108 valence electrons. The van der Waals surface area contributed by atoms with Gasteiger partial charge in [0.15, 0.2) is 0 Å². The molecule has 6 heteroatoms. The van der Waals surface area contributed by atoms with E-state index >= 15 is 0 Å². The van der Waals surface area contributed by atoms with Crippen molar-refractivity contribution in [3.63, 3.8) is 0 Å². The summed E-state index contributed by atoms with van der Waals surface area (Å²) in [5, 5.41) is 0.784. The zero-order valence-electron chi connectivity index (χ0n) is 11.9. The second-order valence-electron chi connectivity index (χ2n) is 4.92. The van der Waals surface area contributed by atoms with Gasteiger partial charge in [-0.2, -0.15) is 8.42 Å². The number of fused-ring (bicyclic) bond motifs is 1. The zero-order valence-corrected chi connectivity index (χ0v) is 12.7. The Labute approximate surface area is 129 Å². The van der Waals surface area contributed by atoms with Gasteiger partial charge in [0, 0.05) is 5.39 Å². The molecule has 0 fully saturated rings. The normalized spacial score (nSPS) is 12.7. The zero-order chi connectivity index (χ0) is 15.7. The average molecular weight is 309 g/mol. The van der Waals surface area contributed by atoms with Crippen LogP contribution in [0.15, 0.2) is 68.3 Å². The molecule has 0 aliphatic rings. The van der Waals surface area contributed by atoms with Crippen molar-refractivity contribution in [2.75, 3.05) is 0 Å². The Balaban J connectivity index is 2.19. The van der Waals surface area contributed by atoms with Crippen LogP contribution in [0.5, 0.6) is 0 Å². The summed E-state index contributed by atoms with van der Waals surface area (Å²) < 4.78 is 33.9. The molecule has 2 radical (unpaired) electrons. The number of para-hydroxylation sites is 1. The first kappa shape index (κ1) is 14.6. The standard InChI is InChI=1S/C16H12BNO3S/c1-11-6-8-13(9-7-11)22(19,20)18-16-14(17)10-12-4-2-3-5-15(12)21-16/h2-10H,1H3/b18-16-. The summed E-state index contributed by atoms with van der Waals surface area (Å²) in [6.45, 7) is 1.88. The fourth-order valence-electron chi connectivity index (χ4n) is 2.03. The SMILES string of the molecule is [B]c1cc2ccccc2o/c1=N\S(=O)(=O)c1ccc(C)cc1. The molecular formula is C16H12BNO3S. The molecule has 3 rings (SSSR count). The van der Waals surface area contributed by atoms with Crippen molar-refractivity contribution < 1.29 is 12.8 Å². The Morgan fingerprint density at radius 1 is 1.05 bits per heavy atom. The maximum absolute atomic E-state index is 12.3.